The number of Topliss-reactive ketones (excluding diaryl/α,β-unsaturated/α-hetero) is 1. The number of hydrogen-bond acceptors (Lipinski definition) is 4. The van der Waals surface area contributed by atoms with E-state index in [9.17, 15) is 14.4 Å². The molecule has 2 aromatic rings. The summed E-state index contributed by atoms with van der Waals surface area (Å²) in [5.74, 6) is -0.515. The van der Waals surface area contributed by atoms with E-state index in [1.807, 2.05) is 36.1 Å². The van der Waals surface area contributed by atoms with Gasteiger partial charge in [0.25, 0.3) is 0 Å². The van der Waals surface area contributed by atoms with Crippen molar-refractivity contribution in [2.75, 3.05) is 31.5 Å². The molecule has 8 heteroatoms. The predicted molar refractivity (Wildman–Crippen MR) is 135 cm³/mol. The van der Waals surface area contributed by atoms with Crippen molar-refractivity contribution >= 4 is 35.0 Å². The third-order valence-electron chi connectivity index (χ3n) is 7.51. The number of nitrogens with one attached hydrogen (secondary N) is 2. The molecular formula is C27H31ClN4O3. The van der Waals surface area contributed by atoms with E-state index in [-0.39, 0.29) is 23.6 Å². The molecule has 2 aromatic carbocycles. The van der Waals surface area contributed by atoms with E-state index in [0.29, 0.717) is 30.2 Å². The average Bonchev–Trinajstić information content (AvgIpc) is 3.21. The van der Waals surface area contributed by atoms with Crippen LogP contribution in [0.5, 0.6) is 0 Å². The molecule has 35 heavy (non-hydrogen) atoms. The number of amides is 3. The second-order valence-corrected chi connectivity index (χ2v) is 10.2. The number of nitrogens with zero attached hydrogens (tertiary/aromatic N) is 2. The van der Waals surface area contributed by atoms with E-state index < -0.39 is 18.0 Å². The standard InChI is InChI=1S/C27H31ClN4O3/c1-17-5-2-6-18(15-17)24-23-21(9-4-10-22(23)33)25(26(34)31-13-11-29-12-14-31)32(24)27(35)30-20-8-3-7-19(28)16-20/h2-3,5-8,15-16,21,23-25,29H,4,9-14H2,1H3,(H,30,35). The molecule has 2 heterocycles. The van der Waals surface area contributed by atoms with Crippen LogP contribution in [0.2, 0.25) is 5.02 Å². The molecule has 0 radical (unpaired) electrons. The van der Waals surface area contributed by atoms with Gasteiger partial charge in [-0.25, -0.2) is 4.79 Å². The normalized spacial score (nSPS) is 26.4. The van der Waals surface area contributed by atoms with E-state index in [1.54, 1.807) is 29.2 Å². The average molecular weight is 495 g/mol. The second-order valence-electron chi connectivity index (χ2n) is 9.78. The molecule has 3 fully saturated rings. The molecule has 4 atom stereocenters. The van der Waals surface area contributed by atoms with Gasteiger partial charge in [0.15, 0.2) is 0 Å². The molecule has 4 unspecified atom stereocenters. The van der Waals surface area contributed by atoms with E-state index in [2.05, 4.69) is 10.6 Å². The molecule has 2 saturated heterocycles. The second kappa shape index (κ2) is 9.99. The maximum absolute atomic E-state index is 14.0. The highest BCUT2D eigenvalue weighted by molar-refractivity contribution is 6.30. The van der Waals surface area contributed by atoms with Gasteiger partial charge in [-0.2, -0.15) is 0 Å². The van der Waals surface area contributed by atoms with Crippen LogP contribution < -0.4 is 10.6 Å². The summed E-state index contributed by atoms with van der Waals surface area (Å²) < 4.78 is 0. The number of ketones is 1. The Labute approximate surface area is 210 Å². The largest absolute Gasteiger partial charge is 0.338 e. The monoisotopic (exact) mass is 494 g/mol. The van der Waals surface area contributed by atoms with Gasteiger partial charge in [-0.3, -0.25) is 9.59 Å². The van der Waals surface area contributed by atoms with Crippen molar-refractivity contribution in [2.24, 2.45) is 11.8 Å². The number of hydrogen-bond donors (Lipinski definition) is 2. The third kappa shape index (κ3) is 4.67. The minimum atomic E-state index is -0.688. The number of likely N-dealkylation sites (tertiary alicyclic amines) is 1. The highest BCUT2D eigenvalue weighted by Crippen LogP contribution is 2.50. The Hall–Kier alpha value is -2.90. The number of urea groups is 1. The Kier molecular flexibility index (Phi) is 6.80. The van der Waals surface area contributed by atoms with Crippen LogP contribution in [-0.2, 0) is 9.59 Å². The van der Waals surface area contributed by atoms with E-state index in [4.69, 9.17) is 11.6 Å². The summed E-state index contributed by atoms with van der Waals surface area (Å²) in [6.07, 6.45) is 1.99. The Morgan fingerprint density at radius 2 is 1.86 bits per heavy atom. The lowest BCUT2D eigenvalue weighted by atomic mass is 9.73. The van der Waals surface area contributed by atoms with Crippen LogP contribution in [0.15, 0.2) is 48.5 Å². The number of halogens is 1. The quantitative estimate of drug-likeness (QED) is 0.675. The number of rotatable bonds is 3. The Morgan fingerprint density at radius 3 is 2.60 bits per heavy atom. The van der Waals surface area contributed by atoms with Crippen molar-refractivity contribution in [3.8, 4) is 0 Å². The Morgan fingerprint density at radius 1 is 1.09 bits per heavy atom. The van der Waals surface area contributed by atoms with Gasteiger partial charge in [-0.1, -0.05) is 47.5 Å². The minimum absolute atomic E-state index is 0.0624. The Balaban J connectivity index is 1.58. The summed E-state index contributed by atoms with van der Waals surface area (Å²) >= 11 is 6.15. The van der Waals surface area contributed by atoms with Crippen LogP contribution in [-0.4, -0.2) is 59.7 Å². The van der Waals surface area contributed by atoms with Crippen molar-refractivity contribution in [1.82, 2.24) is 15.1 Å². The van der Waals surface area contributed by atoms with Crippen molar-refractivity contribution < 1.29 is 14.4 Å². The summed E-state index contributed by atoms with van der Waals surface area (Å²) in [5, 5.41) is 6.75. The summed E-state index contributed by atoms with van der Waals surface area (Å²) in [6.45, 7) is 4.64. The zero-order valence-corrected chi connectivity index (χ0v) is 20.6. The third-order valence-corrected chi connectivity index (χ3v) is 7.75. The first-order valence-electron chi connectivity index (χ1n) is 12.4. The van der Waals surface area contributed by atoms with Crippen LogP contribution >= 0.6 is 11.6 Å². The molecule has 0 bridgehead atoms. The van der Waals surface area contributed by atoms with Gasteiger partial charge in [0, 0.05) is 55.1 Å². The topological polar surface area (TPSA) is 81.8 Å². The number of aryl methyl sites for hydroxylation is 1. The lowest BCUT2D eigenvalue weighted by Gasteiger charge is -2.36. The van der Waals surface area contributed by atoms with Crippen molar-refractivity contribution in [3.05, 3.63) is 64.7 Å². The molecule has 3 amide bonds. The fourth-order valence-corrected chi connectivity index (χ4v) is 6.21. The summed E-state index contributed by atoms with van der Waals surface area (Å²) in [6, 6.07) is 13.3. The lowest BCUT2D eigenvalue weighted by molar-refractivity contribution is -0.137. The SMILES string of the molecule is Cc1cccc(C2C3C(=O)CCCC3C(C(=O)N3CCNCC3)N2C(=O)Nc2cccc(Cl)c2)c1. The van der Waals surface area contributed by atoms with E-state index >= 15 is 0 Å². The molecule has 184 valence electrons. The summed E-state index contributed by atoms with van der Waals surface area (Å²) in [7, 11) is 0. The van der Waals surface area contributed by atoms with E-state index in [1.165, 1.54) is 0 Å². The molecule has 7 nitrogen and oxygen atoms in total. The van der Waals surface area contributed by atoms with Gasteiger partial charge in [0.2, 0.25) is 5.91 Å². The molecule has 0 aromatic heterocycles. The molecule has 5 rings (SSSR count). The zero-order chi connectivity index (χ0) is 24.5. The molecular weight excluding hydrogens is 464 g/mol. The molecule has 2 N–H and O–H groups in total. The van der Waals surface area contributed by atoms with Crippen LogP contribution in [0.25, 0.3) is 0 Å². The van der Waals surface area contributed by atoms with Crippen LogP contribution in [0.1, 0.15) is 36.4 Å². The summed E-state index contributed by atoms with van der Waals surface area (Å²) in [5.41, 5.74) is 2.50. The molecule has 2 aliphatic heterocycles. The number of benzene rings is 2. The number of fused-ring (bicyclic) bond motifs is 1. The zero-order valence-electron chi connectivity index (χ0n) is 19.9. The lowest BCUT2D eigenvalue weighted by Crippen LogP contribution is -2.55. The molecule has 1 aliphatic carbocycles. The number of carbonyl (C=O) groups is 3. The predicted octanol–water partition coefficient (Wildman–Crippen LogP) is 4.02. The molecule has 3 aliphatic rings. The molecule has 1 saturated carbocycles. The first kappa shape index (κ1) is 23.8. The van der Waals surface area contributed by atoms with Crippen LogP contribution in [0.4, 0.5) is 10.5 Å². The fraction of sp³-hybridized carbons (Fsp3) is 0.444. The number of piperazine rings is 1. The van der Waals surface area contributed by atoms with Gasteiger partial charge in [-0.05, 0) is 43.5 Å². The van der Waals surface area contributed by atoms with Crippen LogP contribution in [0, 0.1) is 18.8 Å². The van der Waals surface area contributed by atoms with Gasteiger partial charge < -0.3 is 20.4 Å². The fourth-order valence-electron chi connectivity index (χ4n) is 6.02. The maximum Gasteiger partial charge on any atom is 0.323 e. The summed E-state index contributed by atoms with van der Waals surface area (Å²) in [4.78, 5) is 44.7. The highest BCUT2D eigenvalue weighted by atomic mass is 35.5. The maximum atomic E-state index is 14.0. The van der Waals surface area contributed by atoms with E-state index in [0.717, 1.165) is 37.1 Å². The number of anilines is 1. The van der Waals surface area contributed by atoms with Gasteiger partial charge in [-0.15, -0.1) is 0 Å². The first-order valence-corrected chi connectivity index (χ1v) is 12.8. The smallest absolute Gasteiger partial charge is 0.323 e. The van der Waals surface area contributed by atoms with Crippen molar-refractivity contribution in [3.63, 3.8) is 0 Å². The van der Waals surface area contributed by atoms with Gasteiger partial charge in [0.1, 0.15) is 11.8 Å². The Bertz CT molecular complexity index is 1130. The minimum Gasteiger partial charge on any atom is -0.338 e. The molecule has 0 spiro atoms. The van der Waals surface area contributed by atoms with Crippen LogP contribution in [0.3, 0.4) is 0 Å². The van der Waals surface area contributed by atoms with Gasteiger partial charge in [0.05, 0.1) is 6.04 Å². The van der Waals surface area contributed by atoms with Gasteiger partial charge >= 0.3 is 6.03 Å². The van der Waals surface area contributed by atoms with Crippen molar-refractivity contribution in [1.29, 1.82) is 0 Å². The van der Waals surface area contributed by atoms with Crippen molar-refractivity contribution in [2.45, 2.75) is 38.3 Å². The highest BCUT2D eigenvalue weighted by Gasteiger charge is 2.58. The number of carbonyl (C=O) groups excluding carboxylic acids is 3. The first-order chi connectivity index (χ1) is 16.9.